The summed E-state index contributed by atoms with van der Waals surface area (Å²) in [7, 11) is 0. The molecule has 0 bridgehead atoms. The average molecular weight is 652 g/mol. The van der Waals surface area contributed by atoms with Gasteiger partial charge in [0, 0.05) is 0 Å². The van der Waals surface area contributed by atoms with Crippen molar-refractivity contribution in [2.45, 2.75) is 34.8 Å². The van der Waals surface area contributed by atoms with Crippen LogP contribution in [0.3, 0.4) is 0 Å². The van der Waals surface area contributed by atoms with Gasteiger partial charge in [0.25, 0.3) is 5.91 Å². The summed E-state index contributed by atoms with van der Waals surface area (Å²) >= 11 is 22.6. The lowest BCUT2D eigenvalue weighted by atomic mass is 10.0. The summed E-state index contributed by atoms with van der Waals surface area (Å²) in [6.07, 6.45) is -3.96. The van der Waals surface area contributed by atoms with Gasteiger partial charge in [0.1, 0.15) is 19.8 Å². The standard InChI is InChI=1S/C25H22Cl4N2O10/c26-19(22(34)37-11-15-7-3-1-4-8-15)31-20(33)18(30-23(35)38-12-16-9-5-2-6-10-16)21(31)41-17(32)13-39-24(36)40-14-25(27,28)29/h1-10,18-19,21H,11-14H2,(H,30,35)/t18-,19?,21-/m1/s1. The second-order valence-corrected chi connectivity index (χ2v) is 11.1. The fourth-order valence-electron chi connectivity index (χ4n) is 3.26. The lowest BCUT2D eigenvalue weighted by Crippen LogP contribution is -2.74. The summed E-state index contributed by atoms with van der Waals surface area (Å²) in [4.78, 5) is 62.4. The number of halogens is 4. The van der Waals surface area contributed by atoms with Crippen LogP contribution in [0.1, 0.15) is 11.1 Å². The van der Waals surface area contributed by atoms with E-state index < -0.39 is 64.9 Å². The van der Waals surface area contributed by atoms with Gasteiger partial charge >= 0.3 is 24.2 Å². The van der Waals surface area contributed by atoms with Gasteiger partial charge in [-0.3, -0.25) is 9.69 Å². The zero-order valence-corrected chi connectivity index (χ0v) is 23.9. The third-order valence-corrected chi connectivity index (χ3v) is 5.86. The Morgan fingerprint density at radius 3 is 1.98 bits per heavy atom. The van der Waals surface area contributed by atoms with E-state index in [1.807, 2.05) is 0 Å². The first kappa shape index (κ1) is 32.1. The molecule has 0 radical (unpaired) electrons. The molecule has 12 nitrogen and oxygen atoms in total. The van der Waals surface area contributed by atoms with Gasteiger partial charge in [0.15, 0.2) is 12.6 Å². The third-order valence-electron chi connectivity index (χ3n) is 5.14. The van der Waals surface area contributed by atoms with Crippen molar-refractivity contribution in [3.05, 3.63) is 71.8 Å². The van der Waals surface area contributed by atoms with Crippen molar-refractivity contribution in [2.75, 3.05) is 13.2 Å². The highest BCUT2D eigenvalue weighted by atomic mass is 35.6. The van der Waals surface area contributed by atoms with Crippen LogP contribution in [0.4, 0.5) is 9.59 Å². The number of amides is 2. The smallest absolute Gasteiger partial charge is 0.458 e. The van der Waals surface area contributed by atoms with Crippen molar-refractivity contribution < 1.29 is 47.7 Å². The summed E-state index contributed by atoms with van der Waals surface area (Å²) in [5, 5.41) is 2.26. The van der Waals surface area contributed by atoms with E-state index in [4.69, 9.17) is 60.6 Å². The van der Waals surface area contributed by atoms with E-state index in [0.29, 0.717) is 16.0 Å². The number of β-lactam (4-membered cyclic amide) rings is 1. The van der Waals surface area contributed by atoms with Crippen molar-refractivity contribution >= 4 is 76.5 Å². The van der Waals surface area contributed by atoms with E-state index in [1.54, 1.807) is 60.7 Å². The Balaban J connectivity index is 1.61. The molecule has 0 aromatic heterocycles. The molecule has 1 unspecified atom stereocenters. The molecule has 3 atom stereocenters. The van der Waals surface area contributed by atoms with Crippen molar-refractivity contribution in [1.29, 1.82) is 0 Å². The maximum absolute atomic E-state index is 12.9. The maximum atomic E-state index is 12.9. The molecule has 3 rings (SSSR count). The summed E-state index contributed by atoms with van der Waals surface area (Å²) in [6.45, 7) is -1.91. The number of hydrogen-bond acceptors (Lipinski definition) is 10. The van der Waals surface area contributed by atoms with Crippen LogP contribution >= 0.6 is 46.4 Å². The normalized spacial score (nSPS) is 17.0. The number of nitrogens with zero attached hydrogens (tertiary/aromatic N) is 1. The number of alkyl halides is 4. The van der Waals surface area contributed by atoms with Crippen molar-refractivity contribution in [1.82, 2.24) is 10.2 Å². The molecular formula is C25H22Cl4N2O10. The fourth-order valence-corrected chi connectivity index (χ4v) is 3.69. The zero-order valence-electron chi connectivity index (χ0n) is 20.9. The van der Waals surface area contributed by atoms with Gasteiger partial charge in [-0.25, -0.2) is 19.2 Å². The van der Waals surface area contributed by atoms with Crippen LogP contribution in [0.5, 0.6) is 0 Å². The van der Waals surface area contributed by atoms with Crippen LogP contribution in [0.15, 0.2) is 60.7 Å². The first-order valence-electron chi connectivity index (χ1n) is 11.6. The van der Waals surface area contributed by atoms with Crippen LogP contribution in [0.25, 0.3) is 0 Å². The molecule has 1 fully saturated rings. The lowest BCUT2D eigenvalue weighted by molar-refractivity contribution is -0.198. The summed E-state index contributed by atoms with van der Waals surface area (Å²) < 4.78 is 22.6. The number of nitrogens with one attached hydrogen (secondary N) is 1. The minimum Gasteiger partial charge on any atom is -0.458 e. The first-order valence-corrected chi connectivity index (χ1v) is 13.2. The molecule has 1 N–H and O–H groups in total. The highest BCUT2D eigenvalue weighted by molar-refractivity contribution is 6.67. The minimum atomic E-state index is -1.91. The molecule has 1 heterocycles. The van der Waals surface area contributed by atoms with Gasteiger partial charge in [0.05, 0.1) is 0 Å². The zero-order chi connectivity index (χ0) is 30.0. The van der Waals surface area contributed by atoms with Crippen LogP contribution in [-0.4, -0.2) is 69.8 Å². The molecule has 16 heteroatoms. The van der Waals surface area contributed by atoms with Gasteiger partial charge in [0.2, 0.25) is 15.5 Å². The molecule has 0 saturated carbocycles. The molecule has 2 amide bonds. The highest BCUT2D eigenvalue weighted by Gasteiger charge is 2.56. The van der Waals surface area contributed by atoms with E-state index in [2.05, 4.69) is 14.8 Å². The highest BCUT2D eigenvalue weighted by Crippen LogP contribution is 2.28. The van der Waals surface area contributed by atoms with E-state index >= 15 is 0 Å². The van der Waals surface area contributed by atoms with Crippen LogP contribution in [0, 0.1) is 0 Å². The van der Waals surface area contributed by atoms with E-state index in [9.17, 15) is 24.0 Å². The topological polar surface area (TPSA) is 147 Å². The van der Waals surface area contributed by atoms with E-state index in [1.165, 1.54) is 0 Å². The number of benzene rings is 2. The summed E-state index contributed by atoms with van der Waals surface area (Å²) in [5.41, 5.74) is -0.410. The molecule has 41 heavy (non-hydrogen) atoms. The number of hydrogen-bond donors (Lipinski definition) is 1. The molecule has 0 spiro atoms. The Kier molecular flexibility index (Phi) is 11.7. The Morgan fingerprint density at radius 2 is 1.41 bits per heavy atom. The number of rotatable bonds is 11. The van der Waals surface area contributed by atoms with E-state index in [-0.39, 0.29) is 13.2 Å². The molecule has 2 aromatic rings. The molecule has 220 valence electrons. The predicted octanol–water partition coefficient (Wildman–Crippen LogP) is 3.82. The molecule has 1 aliphatic heterocycles. The van der Waals surface area contributed by atoms with Gasteiger partial charge < -0.3 is 29.0 Å². The van der Waals surface area contributed by atoms with Crippen LogP contribution in [0.2, 0.25) is 0 Å². The molecular weight excluding hydrogens is 630 g/mol. The SMILES string of the molecule is O=C(COC(=O)OCC(Cl)(Cl)Cl)O[C@@H]1[C@H](NC(=O)OCc2ccccc2)C(=O)N1C(Cl)C(=O)OCc1ccccc1. The summed E-state index contributed by atoms with van der Waals surface area (Å²) in [6, 6.07) is 15.9. The van der Waals surface area contributed by atoms with Crippen LogP contribution in [-0.2, 0) is 51.3 Å². The largest absolute Gasteiger partial charge is 0.508 e. The van der Waals surface area contributed by atoms with Crippen molar-refractivity contribution in [3.63, 3.8) is 0 Å². The van der Waals surface area contributed by atoms with Gasteiger partial charge in [-0.2, -0.15) is 0 Å². The Bertz CT molecular complexity index is 1230. The second-order valence-electron chi connectivity index (χ2n) is 8.18. The number of carbonyl (C=O) groups is 5. The number of alkyl carbamates (subject to hydrolysis) is 1. The quantitative estimate of drug-likeness (QED) is 0.125. The van der Waals surface area contributed by atoms with Crippen molar-refractivity contribution in [3.8, 4) is 0 Å². The number of esters is 2. The molecule has 1 saturated heterocycles. The molecule has 2 aromatic carbocycles. The first-order chi connectivity index (χ1) is 19.4. The minimum absolute atomic E-state index is 0.115. The van der Waals surface area contributed by atoms with Gasteiger partial charge in [-0.15, -0.1) is 0 Å². The Morgan fingerprint density at radius 1 is 0.854 bits per heavy atom. The lowest BCUT2D eigenvalue weighted by Gasteiger charge is -2.46. The number of ether oxygens (including phenoxy) is 5. The second kappa shape index (κ2) is 15.0. The number of carbonyl (C=O) groups excluding carboxylic acids is 5. The van der Waals surface area contributed by atoms with Gasteiger partial charge in [-0.05, 0) is 11.1 Å². The third kappa shape index (κ3) is 10.2. The molecule has 1 aliphatic rings. The monoisotopic (exact) mass is 650 g/mol. The maximum Gasteiger partial charge on any atom is 0.508 e. The fraction of sp³-hybridized carbons (Fsp3) is 0.320. The Labute approximate surface area is 253 Å². The molecule has 0 aliphatic carbocycles. The van der Waals surface area contributed by atoms with E-state index in [0.717, 1.165) is 0 Å². The Hall–Kier alpha value is -3.45. The van der Waals surface area contributed by atoms with Crippen molar-refractivity contribution in [2.24, 2.45) is 0 Å². The number of likely N-dealkylation sites (tertiary alicyclic amines) is 1. The van der Waals surface area contributed by atoms with Crippen LogP contribution < -0.4 is 5.32 Å². The van der Waals surface area contributed by atoms with Gasteiger partial charge in [-0.1, -0.05) is 107 Å². The summed E-state index contributed by atoms with van der Waals surface area (Å²) in [5.74, 6) is -3.09. The average Bonchev–Trinajstić information content (AvgIpc) is 2.95. The predicted molar refractivity (Wildman–Crippen MR) is 144 cm³/mol.